The number of nitrogens with one attached hydrogen (secondary N) is 1. The Balaban J connectivity index is 2.71. The van der Waals surface area contributed by atoms with Gasteiger partial charge in [-0.05, 0) is 6.92 Å². The third-order valence-electron chi connectivity index (χ3n) is 2.22. The van der Waals surface area contributed by atoms with Gasteiger partial charge < -0.3 is 21.9 Å². The van der Waals surface area contributed by atoms with Crippen molar-refractivity contribution >= 4 is 17.6 Å². The summed E-state index contributed by atoms with van der Waals surface area (Å²) in [5, 5.41) is 15.5. The number of hydrogen-bond acceptors (Lipinski definition) is 5. The van der Waals surface area contributed by atoms with E-state index < -0.39 is 17.9 Å². The van der Waals surface area contributed by atoms with Crippen LogP contribution in [0.5, 0.6) is 0 Å². The van der Waals surface area contributed by atoms with Crippen molar-refractivity contribution in [1.29, 1.82) is 0 Å². The molecule has 1 heterocycles. The van der Waals surface area contributed by atoms with E-state index in [1.54, 1.807) is 13.0 Å². The Kier molecular flexibility index (Phi) is 4.81. The average Bonchev–Trinajstić information content (AvgIpc) is 2.58. The summed E-state index contributed by atoms with van der Waals surface area (Å²) in [5.41, 5.74) is 11.2. The van der Waals surface area contributed by atoms with E-state index in [-0.39, 0.29) is 19.6 Å². The molecule has 8 heteroatoms. The molecule has 0 aliphatic carbocycles. The van der Waals surface area contributed by atoms with Gasteiger partial charge in [-0.2, -0.15) is 5.10 Å². The largest absolute Gasteiger partial charge is 0.394 e. The maximum absolute atomic E-state index is 11.7. The molecular formula is C10H17N5O3. The van der Waals surface area contributed by atoms with Gasteiger partial charge in [-0.15, -0.1) is 0 Å². The van der Waals surface area contributed by atoms with E-state index >= 15 is 0 Å². The minimum absolute atomic E-state index is 0.0999. The van der Waals surface area contributed by atoms with Crippen LogP contribution in [0.1, 0.15) is 12.1 Å². The second-order valence-electron chi connectivity index (χ2n) is 3.88. The highest BCUT2D eigenvalue weighted by atomic mass is 16.3. The minimum atomic E-state index is -1.000. The second-order valence-corrected chi connectivity index (χ2v) is 3.88. The van der Waals surface area contributed by atoms with Gasteiger partial charge in [0.2, 0.25) is 11.8 Å². The normalized spacial score (nSPS) is 12.2. The van der Waals surface area contributed by atoms with Gasteiger partial charge in [0, 0.05) is 6.07 Å². The molecule has 0 unspecified atom stereocenters. The number of carbonyl (C=O) groups excluding carboxylic acids is 2. The number of nitrogens with two attached hydrogens (primary N) is 2. The zero-order chi connectivity index (χ0) is 13.7. The van der Waals surface area contributed by atoms with Gasteiger partial charge in [0.15, 0.2) is 0 Å². The average molecular weight is 255 g/mol. The molecule has 0 saturated heterocycles. The lowest BCUT2D eigenvalue weighted by atomic mass is 10.2. The molecule has 0 saturated carbocycles. The third kappa shape index (κ3) is 3.82. The molecule has 0 spiro atoms. The molecule has 0 aromatic carbocycles. The summed E-state index contributed by atoms with van der Waals surface area (Å²) in [5.74, 6) is -0.739. The lowest BCUT2D eigenvalue weighted by Crippen LogP contribution is -2.39. The molecule has 1 rings (SSSR count). The van der Waals surface area contributed by atoms with Crippen molar-refractivity contribution in [3.8, 4) is 0 Å². The molecule has 6 N–H and O–H groups in total. The Labute approximate surface area is 104 Å². The Morgan fingerprint density at radius 2 is 2.28 bits per heavy atom. The highest BCUT2D eigenvalue weighted by Gasteiger charge is 2.17. The van der Waals surface area contributed by atoms with Crippen LogP contribution in [-0.2, 0) is 16.1 Å². The molecule has 1 aromatic rings. The number of primary amides is 1. The van der Waals surface area contributed by atoms with Gasteiger partial charge in [-0.25, -0.2) is 4.68 Å². The maximum Gasteiger partial charge on any atom is 0.242 e. The van der Waals surface area contributed by atoms with E-state index in [0.29, 0.717) is 11.5 Å². The number of carbonyl (C=O) groups is 2. The summed E-state index contributed by atoms with van der Waals surface area (Å²) in [7, 11) is 0. The first-order chi connectivity index (χ1) is 8.43. The quantitative estimate of drug-likeness (QED) is 0.481. The summed E-state index contributed by atoms with van der Waals surface area (Å²) >= 11 is 0. The minimum Gasteiger partial charge on any atom is -0.394 e. The van der Waals surface area contributed by atoms with E-state index in [2.05, 4.69) is 10.4 Å². The van der Waals surface area contributed by atoms with E-state index in [1.165, 1.54) is 4.68 Å². The molecule has 0 radical (unpaired) electrons. The molecule has 0 bridgehead atoms. The van der Waals surface area contributed by atoms with Crippen LogP contribution in [-0.4, -0.2) is 39.4 Å². The molecule has 1 atom stereocenters. The van der Waals surface area contributed by atoms with Crippen LogP contribution < -0.4 is 16.8 Å². The summed E-state index contributed by atoms with van der Waals surface area (Å²) in [6.45, 7) is 1.92. The van der Waals surface area contributed by atoms with Crippen LogP contribution >= 0.6 is 0 Å². The van der Waals surface area contributed by atoms with Gasteiger partial charge in [0.05, 0.1) is 31.3 Å². The Morgan fingerprint density at radius 1 is 1.61 bits per heavy atom. The predicted octanol–water partition coefficient (Wildman–Crippen LogP) is -1.67. The fourth-order valence-corrected chi connectivity index (χ4v) is 1.44. The highest BCUT2D eigenvalue weighted by Crippen LogP contribution is 2.10. The highest BCUT2D eigenvalue weighted by molar-refractivity contribution is 5.96. The molecule has 100 valence electrons. The van der Waals surface area contributed by atoms with Crippen LogP contribution in [0.2, 0.25) is 0 Å². The van der Waals surface area contributed by atoms with Crippen molar-refractivity contribution in [3.63, 3.8) is 0 Å². The fourth-order valence-electron chi connectivity index (χ4n) is 1.44. The zero-order valence-electron chi connectivity index (χ0n) is 10.1. The summed E-state index contributed by atoms with van der Waals surface area (Å²) in [6, 6.07) is 0.644. The predicted molar refractivity (Wildman–Crippen MR) is 64.5 cm³/mol. The van der Waals surface area contributed by atoms with Crippen molar-refractivity contribution in [3.05, 3.63) is 11.8 Å². The maximum atomic E-state index is 11.7. The summed E-state index contributed by atoms with van der Waals surface area (Å²) in [6.07, 6.45) is -0.223. The molecule has 18 heavy (non-hydrogen) atoms. The van der Waals surface area contributed by atoms with E-state index in [9.17, 15) is 9.59 Å². The van der Waals surface area contributed by atoms with Crippen LogP contribution in [0, 0.1) is 6.92 Å². The van der Waals surface area contributed by atoms with Crippen molar-refractivity contribution in [2.75, 3.05) is 11.9 Å². The number of aliphatic hydroxyl groups is 1. The smallest absolute Gasteiger partial charge is 0.242 e. The van der Waals surface area contributed by atoms with Gasteiger partial charge in [-0.3, -0.25) is 9.59 Å². The number of rotatable bonds is 6. The van der Waals surface area contributed by atoms with Crippen LogP contribution in [0.25, 0.3) is 0 Å². The fraction of sp³-hybridized carbons (Fsp3) is 0.500. The van der Waals surface area contributed by atoms with Crippen LogP contribution in [0.15, 0.2) is 6.07 Å². The molecule has 1 aromatic heterocycles. The zero-order valence-corrected chi connectivity index (χ0v) is 10.1. The first kappa shape index (κ1) is 14.1. The van der Waals surface area contributed by atoms with Crippen molar-refractivity contribution in [2.24, 2.45) is 11.5 Å². The van der Waals surface area contributed by atoms with Gasteiger partial charge >= 0.3 is 0 Å². The molecule has 2 amide bonds. The number of anilines is 1. The number of aryl methyl sites for hydroxylation is 1. The number of nitrogens with zero attached hydrogens (tertiary/aromatic N) is 2. The van der Waals surface area contributed by atoms with Crippen molar-refractivity contribution in [2.45, 2.75) is 25.9 Å². The lowest BCUT2D eigenvalue weighted by Gasteiger charge is -2.11. The molecule has 0 fully saturated rings. The number of hydrogen-bond donors (Lipinski definition) is 4. The first-order valence-corrected chi connectivity index (χ1v) is 5.44. The Morgan fingerprint density at radius 3 is 2.83 bits per heavy atom. The van der Waals surface area contributed by atoms with Gasteiger partial charge in [-0.1, -0.05) is 0 Å². The van der Waals surface area contributed by atoms with E-state index in [4.69, 9.17) is 16.6 Å². The number of aromatic nitrogens is 2. The molecular weight excluding hydrogens is 238 g/mol. The topological polar surface area (TPSA) is 136 Å². The monoisotopic (exact) mass is 255 g/mol. The second kappa shape index (κ2) is 6.12. The van der Waals surface area contributed by atoms with Crippen LogP contribution in [0.3, 0.4) is 0 Å². The third-order valence-corrected chi connectivity index (χ3v) is 2.22. The van der Waals surface area contributed by atoms with E-state index in [0.717, 1.165) is 0 Å². The lowest BCUT2D eigenvalue weighted by molar-refractivity contribution is -0.123. The Bertz CT molecular complexity index is 443. The van der Waals surface area contributed by atoms with Crippen molar-refractivity contribution < 1.29 is 14.7 Å². The molecule has 0 aliphatic rings. The standard InChI is InChI=1S/C10H17N5O3/c1-6-4-9(15(14-6)2-3-16)13-10(18)7(11)5-8(12)17/h4,7,16H,2-3,5,11H2,1H3,(H2,12,17)(H,13,18)/t7-/m0/s1. The Hall–Kier alpha value is -1.93. The number of amides is 2. The van der Waals surface area contributed by atoms with Crippen LogP contribution in [0.4, 0.5) is 5.82 Å². The van der Waals surface area contributed by atoms with Crippen molar-refractivity contribution in [1.82, 2.24) is 9.78 Å². The molecule has 8 nitrogen and oxygen atoms in total. The van der Waals surface area contributed by atoms with Gasteiger partial charge in [0.25, 0.3) is 0 Å². The molecule has 0 aliphatic heterocycles. The number of aliphatic hydroxyl groups excluding tert-OH is 1. The summed E-state index contributed by atoms with van der Waals surface area (Å²) in [4.78, 5) is 22.3. The SMILES string of the molecule is Cc1cc(NC(=O)[C@@H](N)CC(N)=O)n(CCO)n1. The first-order valence-electron chi connectivity index (χ1n) is 5.44. The summed E-state index contributed by atoms with van der Waals surface area (Å²) < 4.78 is 1.45. The van der Waals surface area contributed by atoms with Gasteiger partial charge in [0.1, 0.15) is 5.82 Å². The van der Waals surface area contributed by atoms with E-state index in [1.807, 2.05) is 0 Å².